The number of carbonyl (C=O) groups excluding carboxylic acids is 1. The molecule has 0 aromatic carbocycles. The van der Waals surface area contributed by atoms with E-state index in [1.165, 1.54) is 32.1 Å². The molecule has 0 aromatic rings. The molecule has 0 aromatic heterocycles. The predicted octanol–water partition coefficient (Wildman–Crippen LogP) is 24.1. The van der Waals surface area contributed by atoms with Gasteiger partial charge in [0.1, 0.15) is 11.7 Å². The van der Waals surface area contributed by atoms with E-state index in [1.807, 2.05) is 52.4 Å². The summed E-state index contributed by atoms with van der Waals surface area (Å²) in [6.07, 6.45) is -14.8. The monoisotopic (exact) mass is 1690 g/mol. The van der Waals surface area contributed by atoms with Crippen molar-refractivity contribution >= 4 is 40.4 Å². The zero-order chi connectivity index (χ0) is 77.9. The molecule has 19 unspecified atom stereocenters. The Morgan fingerprint density at radius 2 is 0.697 bits per heavy atom. The summed E-state index contributed by atoms with van der Waals surface area (Å²) in [5.41, 5.74) is -7.92. The van der Waals surface area contributed by atoms with E-state index >= 15 is 0 Å². The molecule has 10 rings (SSSR count). The molecule has 0 saturated heterocycles. The van der Waals surface area contributed by atoms with Crippen molar-refractivity contribution in [1.82, 2.24) is 0 Å². The van der Waals surface area contributed by atoms with Gasteiger partial charge in [-0.25, -0.2) is 4.79 Å². The van der Waals surface area contributed by atoms with Gasteiger partial charge in [-0.15, -0.1) is 0 Å². The van der Waals surface area contributed by atoms with Gasteiger partial charge in [0, 0.05) is 56.9 Å². The molecule has 0 radical (unpaired) electrons. The van der Waals surface area contributed by atoms with Crippen molar-refractivity contribution in [3.63, 3.8) is 0 Å². The average Bonchev–Trinajstić information content (AvgIpc) is 1.56. The number of aliphatic hydroxyl groups excluding tert-OH is 1. The lowest BCUT2D eigenvalue weighted by atomic mass is 9.66. The van der Waals surface area contributed by atoms with Crippen LogP contribution in [-0.2, 0) is 44.9 Å². The molecule has 10 saturated carbocycles. The van der Waals surface area contributed by atoms with Crippen LogP contribution in [0.15, 0.2) is 0 Å². The number of aliphatic hydroxyl groups is 3. The largest absolute Gasteiger partial charge is 0.509 e. The molecule has 109 heavy (non-hydrogen) atoms. The summed E-state index contributed by atoms with van der Waals surface area (Å²) in [4.78, 5) is 11.8. The SMILES string of the molecule is C.C.C.C.C.C.C.C.CC(C)(C)OC(=O)OC(CC1CC2CC1C1C3CCC(C3)C21)C(F)(F)F.CC(O)(CC1CC2CCC1C2)C(F)(F)F.CO[Si](C)(C)OC.CO[Si](C)(C)OC.CO[Si](C)(C)OC.CO[Si](C)(C)OC.OC(CC1CC2CCC1C2)(C(F)(F)F)C(F)(F)F.OC(CC1CC2CCC1C2)C(F)(F)F. The van der Waals surface area contributed by atoms with E-state index in [2.05, 4.69) is 0 Å². The zero-order valence-corrected chi connectivity index (χ0v) is 67.2. The summed E-state index contributed by atoms with van der Waals surface area (Å²) in [5, 5.41) is 27.5. The van der Waals surface area contributed by atoms with E-state index in [0.717, 1.165) is 82.5 Å². The van der Waals surface area contributed by atoms with Crippen molar-refractivity contribution in [2.75, 3.05) is 56.9 Å². The molecular weight excluding hydrogens is 1530 g/mol. The smallest absolute Gasteiger partial charge is 0.429 e. The number of halogens is 15. The topological polar surface area (TPSA) is 170 Å². The minimum absolute atomic E-state index is 0. The van der Waals surface area contributed by atoms with Gasteiger partial charge in [-0.2, -0.15) is 65.9 Å². The van der Waals surface area contributed by atoms with Gasteiger partial charge in [-0.1, -0.05) is 78.7 Å². The molecule has 0 amide bonds. The fourth-order valence-electron chi connectivity index (χ4n) is 17.0. The van der Waals surface area contributed by atoms with Gasteiger partial charge < -0.3 is 60.2 Å². The lowest BCUT2D eigenvalue weighted by Crippen LogP contribution is -2.58. The van der Waals surface area contributed by atoms with Crippen LogP contribution >= 0.6 is 0 Å². The number of alkyl halides is 15. The zero-order valence-electron chi connectivity index (χ0n) is 63.2. The fraction of sp³-hybridized carbons (Fsp3) is 0.987. The minimum Gasteiger partial charge on any atom is -0.429 e. The number of fused-ring (bicyclic) bond motifs is 15. The van der Waals surface area contributed by atoms with Gasteiger partial charge >= 0.3 is 71.3 Å². The van der Waals surface area contributed by atoms with E-state index in [9.17, 15) is 75.8 Å². The second-order valence-corrected chi connectivity index (χ2v) is 47.3. The third kappa shape index (κ3) is 35.8. The van der Waals surface area contributed by atoms with Crippen LogP contribution in [0.3, 0.4) is 0 Å². The molecule has 0 heterocycles. The first-order valence-corrected chi connectivity index (χ1v) is 46.9. The lowest BCUT2D eigenvalue weighted by Gasteiger charge is -2.39. The van der Waals surface area contributed by atoms with E-state index in [1.54, 1.807) is 77.6 Å². The summed E-state index contributed by atoms with van der Waals surface area (Å²) >= 11 is 0. The van der Waals surface area contributed by atoms with Gasteiger partial charge in [0.2, 0.25) is 6.10 Å². The van der Waals surface area contributed by atoms with E-state index in [4.69, 9.17) is 55.1 Å². The Balaban J connectivity index is -0.000000289. The first-order chi connectivity index (χ1) is 45.8. The Morgan fingerprint density at radius 1 is 0.376 bits per heavy atom. The standard InChI is InChI=1S/C20H29F3O3.C11H14F6O.C11H17F3O.C10H15F3O.4C4H12O2Si.8CH4/c1-19(2,3)26-18(24)25-15(20(21,22)23)9-12-7-13-8-14(12)17-11-5-4-10(6-11)16(13)17;12-10(13,14)9(18,11(15,16)17)5-8-4-6-1-2-7(8)3-6;1-10(15,11(12,13)14)6-9-5-7-2-3-8(9)4-7;11-10(12,13)9(14)5-8-4-6-1-2-7(8)3-6;4*1-5-7(3,4)6-2;;;;;;;;/h10-17H,4-9H2,1-3H3;6-8,18H,1-5H2;7-9,15H,2-6H2,1H3;6-9,14H,1-5H2;4*1-4H3;8*1H4. The van der Waals surface area contributed by atoms with Crippen molar-refractivity contribution in [2.24, 2.45) is 94.7 Å². The van der Waals surface area contributed by atoms with Crippen molar-refractivity contribution in [2.45, 2.75) is 334 Å². The highest BCUT2D eigenvalue weighted by Gasteiger charge is 2.71. The fourth-order valence-corrected chi connectivity index (χ4v) is 17.6. The van der Waals surface area contributed by atoms with Gasteiger partial charge in [0.15, 0.2) is 5.60 Å². The van der Waals surface area contributed by atoms with E-state index in [-0.39, 0.29) is 108 Å². The summed E-state index contributed by atoms with van der Waals surface area (Å²) < 4.78 is 239. The normalized spacial score (nSPS) is 29.0. The van der Waals surface area contributed by atoms with Crippen LogP contribution in [0.2, 0.25) is 52.4 Å². The van der Waals surface area contributed by atoms with Gasteiger partial charge in [-0.05, 0) is 290 Å². The average molecular weight is 1690 g/mol. The summed E-state index contributed by atoms with van der Waals surface area (Å²) in [6.45, 7) is 21.7. The molecule has 10 bridgehead atoms. The number of rotatable bonds is 17. The predicted molar refractivity (Wildman–Crippen MR) is 416 cm³/mol. The van der Waals surface area contributed by atoms with Crippen LogP contribution < -0.4 is 0 Å². The highest BCUT2D eigenvalue weighted by atomic mass is 28.4. The molecule has 664 valence electrons. The number of ether oxygens (including phenoxy) is 2. The van der Waals surface area contributed by atoms with Crippen molar-refractivity contribution in [1.29, 1.82) is 0 Å². The molecule has 10 aliphatic carbocycles. The van der Waals surface area contributed by atoms with Crippen LogP contribution in [0.5, 0.6) is 0 Å². The van der Waals surface area contributed by atoms with Gasteiger partial charge in [0.05, 0.1) is 0 Å². The third-order valence-electron chi connectivity index (χ3n) is 23.6. The summed E-state index contributed by atoms with van der Waals surface area (Å²) in [5.74, 6) is 5.83. The third-order valence-corrected chi connectivity index (χ3v) is 31.5. The molecular formula is C76H155F15O14Si4. The maximum absolute atomic E-state index is 13.5. The van der Waals surface area contributed by atoms with E-state index < -0.39 is 113 Å². The number of hydrogen-bond donors (Lipinski definition) is 3. The molecule has 0 spiro atoms. The molecule has 14 nitrogen and oxygen atoms in total. The second-order valence-electron chi connectivity index (χ2n) is 32.9. The van der Waals surface area contributed by atoms with Crippen molar-refractivity contribution in [3.05, 3.63) is 0 Å². The lowest BCUT2D eigenvalue weighted by molar-refractivity contribution is -0.373. The summed E-state index contributed by atoms with van der Waals surface area (Å²) in [6, 6.07) is 0. The minimum atomic E-state index is -5.67. The van der Waals surface area contributed by atoms with Gasteiger partial charge in [0.25, 0.3) is 5.60 Å². The quantitative estimate of drug-likeness (QED) is 0.0544. The number of hydrogen-bond acceptors (Lipinski definition) is 14. The first-order valence-electron chi connectivity index (χ1n) is 35.6. The van der Waals surface area contributed by atoms with E-state index in [0.29, 0.717) is 60.7 Å². The molecule has 3 N–H and O–H groups in total. The molecule has 33 heteroatoms. The van der Waals surface area contributed by atoms with Crippen LogP contribution in [0.1, 0.15) is 222 Å². The molecule has 10 aliphatic rings. The Kier molecular flexibility index (Phi) is 51.4. The van der Waals surface area contributed by atoms with Crippen LogP contribution in [-0.4, -0.2) is 172 Å². The van der Waals surface area contributed by atoms with Crippen LogP contribution in [0, 0.1) is 94.7 Å². The van der Waals surface area contributed by atoms with Gasteiger partial charge in [-0.3, -0.25) is 0 Å². The van der Waals surface area contributed by atoms with Crippen LogP contribution in [0.25, 0.3) is 0 Å². The van der Waals surface area contributed by atoms with Crippen molar-refractivity contribution < 1.29 is 131 Å². The highest BCUT2D eigenvalue weighted by molar-refractivity contribution is 6.65. The Bertz CT molecular complexity index is 2350. The summed E-state index contributed by atoms with van der Waals surface area (Å²) in [7, 11) is 6.81. The highest BCUT2D eigenvalue weighted by Crippen LogP contribution is 2.69. The Labute approximate surface area is 654 Å². The Hall–Kier alpha value is -1.35. The molecule has 10 fully saturated rings. The van der Waals surface area contributed by atoms with Crippen molar-refractivity contribution in [3.8, 4) is 0 Å². The first kappa shape index (κ1) is 118. The second kappa shape index (κ2) is 47.3. The number of carbonyl (C=O) groups is 1. The molecule has 19 atom stereocenters. The Morgan fingerprint density at radius 3 is 0.963 bits per heavy atom. The molecule has 0 aliphatic heterocycles. The maximum atomic E-state index is 13.5. The van der Waals surface area contributed by atoms with Crippen LogP contribution in [0.4, 0.5) is 70.7 Å². The maximum Gasteiger partial charge on any atom is 0.509 e.